The molecule has 0 unspecified atom stereocenters. The number of hydrogen-bond acceptors (Lipinski definition) is 5. The number of thioether (sulfide) groups is 1. The van der Waals surface area contributed by atoms with Crippen LogP contribution in [0.1, 0.15) is 25.7 Å². The fourth-order valence-electron chi connectivity index (χ4n) is 1.39. The lowest BCUT2D eigenvalue weighted by atomic mass is 10.2. The monoisotopic (exact) mass is 255 g/mol. The molecule has 0 fully saturated rings. The van der Waals surface area contributed by atoms with Crippen LogP contribution in [0.25, 0.3) is 0 Å². The molecule has 0 saturated heterocycles. The first-order chi connectivity index (χ1) is 8.38. The van der Waals surface area contributed by atoms with Gasteiger partial charge in [0.15, 0.2) is 0 Å². The molecule has 0 radical (unpaired) electrons. The maximum Gasteiger partial charge on any atom is 0.209 e. The lowest BCUT2D eigenvalue weighted by Gasteiger charge is -2.03. The third-order valence-corrected chi connectivity index (χ3v) is 3.40. The Hall–Kier alpha value is -0.880. The van der Waals surface area contributed by atoms with E-state index in [0.717, 1.165) is 30.4 Å². The summed E-state index contributed by atoms with van der Waals surface area (Å²) in [6.45, 7) is 5.43. The Kier molecular flexibility index (Phi) is 7.66. The maximum atomic E-state index is 4.02. The van der Waals surface area contributed by atoms with Crippen LogP contribution in [0.3, 0.4) is 0 Å². The van der Waals surface area contributed by atoms with Crippen LogP contribution in [-0.4, -0.2) is 39.6 Å². The van der Waals surface area contributed by atoms with Crippen LogP contribution < -0.4 is 5.32 Å². The standard InChI is InChI=1S/C11H21N5S/c1-3-4-5-6-7-10-17-11-13-14-15-16(11)9-8-12-2/h3,12H,1,4-10H2,2H3. The maximum absolute atomic E-state index is 4.02. The summed E-state index contributed by atoms with van der Waals surface area (Å²) >= 11 is 1.74. The minimum Gasteiger partial charge on any atom is -0.318 e. The number of nitrogens with one attached hydrogen (secondary N) is 1. The predicted molar refractivity (Wildman–Crippen MR) is 71.1 cm³/mol. The van der Waals surface area contributed by atoms with Crippen LogP contribution in [0.2, 0.25) is 0 Å². The van der Waals surface area contributed by atoms with Gasteiger partial charge in [-0.05, 0) is 36.7 Å². The third kappa shape index (κ3) is 5.83. The van der Waals surface area contributed by atoms with Gasteiger partial charge in [-0.25, -0.2) is 4.68 Å². The number of aromatic nitrogens is 4. The number of allylic oxidation sites excluding steroid dienone is 1. The second-order valence-electron chi connectivity index (χ2n) is 3.77. The Morgan fingerprint density at radius 2 is 2.29 bits per heavy atom. The number of likely N-dealkylation sites (N-methyl/N-ethyl adjacent to an activating group) is 1. The molecule has 0 bridgehead atoms. The van der Waals surface area contributed by atoms with E-state index in [9.17, 15) is 0 Å². The molecule has 0 aromatic carbocycles. The molecule has 1 heterocycles. The molecule has 0 aliphatic heterocycles. The van der Waals surface area contributed by atoms with Gasteiger partial charge in [0, 0.05) is 12.3 Å². The Balaban J connectivity index is 2.17. The van der Waals surface area contributed by atoms with Gasteiger partial charge in [-0.3, -0.25) is 0 Å². The molecule has 0 aliphatic carbocycles. The normalized spacial score (nSPS) is 10.6. The van der Waals surface area contributed by atoms with Crippen molar-refractivity contribution in [3.8, 4) is 0 Å². The zero-order valence-corrected chi connectivity index (χ0v) is 11.2. The summed E-state index contributed by atoms with van der Waals surface area (Å²) in [6, 6.07) is 0. The highest BCUT2D eigenvalue weighted by atomic mass is 32.2. The van der Waals surface area contributed by atoms with E-state index in [1.54, 1.807) is 11.8 Å². The number of rotatable bonds is 10. The van der Waals surface area contributed by atoms with Gasteiger partial charge in [0.1, 0.15) is 0 Å². The first-order valence-corrected chi connectivity index (χ1v) is 7.01. The van der Waals surface area contributed by atoms with Crippen LogP contribution in [0, 0.1) is 0 Å². The molecule has 5 nitrogen and oxygen atoms in total. The van der Waals surface area contributed by atoms with Crippen molar-refractivity contribution in [2.24, 2.45) is 0 Å². The lowest BCUT2D eigenvalue weighted by molar-refractivity contribution is 0.529. The Morgan fingerprint density at radius 3 is 3.06 bits per heavy atom. The van der Waals surface area contributed by atoms with Gasteiger partial charge in [-0.15, -0.1) is 11.7 Å². The van der Waals surface area contributed by atoms with E-state index in [-0.39, 0.29) is 0 Å². The molecular formula is C11H21N5S. The van der Waals surface area contributed by atoms with Crippen molar-refractivity contribution < 1.29 is 0 Å². The summed E-state index contributed by atoms with van der Waals surface area (Å²) in [4.78, 5) is 0. The quantitative estimate of drug-likeness (QED) is 0.392. The molecule has 96 valence electrons. The molecule has 1 rings (SSSR count). The molecule has 0 aliphatic rings. The average molecular weight is 255 g/mol. The second kappa shape index (κ2) is 9.18. The van der Waals surface area contributed by atoms with Gasteiger partial charge in [0.25, 0.3) is 0 Å². The molecule has 0 spiro atoms. The van der Waals surface area contributed by atoms with Gasteiger partial charge < -0.3 is 5.32 Å². The van der Waals surface area contributed by atoms with Gasteiger partial charge in [0.2, 0.25) is 5.16 Å². The van der Waals surface area contributed by atoms with Crippen LogP contribution in [0.15, 0.2) is 17.8 Å². The van der Waals surface area contributed by atoms with E-state index >= 15 is 0 Å². The zero-order chi connectivity index (χ0) is 12.3. The SMILES string of the molecule is C=CCCCCCSc1nnnn1CCNC. The smallest absolute Gasteiger partial charge is 0.209 e. The van der Waals surface area contributed by atoms with E-state index in [1.165, 1.54) is 19.3 Å². The largest absolute Gasteiger partial charge is 0.318 e. The number of unbranched alkanes of at least 4 members (excludes halogenated alkanes) is 3. The predicted octanol–water partition coefficient (Wildman–Crippen LogP) is 1.73. The van der Waals surface area contributed by atoms with Crippen LogP contribution in [-0.2, 0) is 6.54 Å². The molecule has 0 atom stereocenters. The first-order valence-electron chi connectivity index (χ1n) is 6.03. The van der Waals surface area contributed by atoms with Crippen molar-refractivity contribution in [2.45, 2.75) is 37.4 Å². The van der Waals surface area contributed by atoms with E-state index in [0.29, 0.717) is 0 Å². The van der Waals surface area contributed by atoms with E-state index in [1.807, 2.05) is 17.8 Å². The molecular weight excluding hydrogens is 234 g/mol. The minimum absolute atomic E-state index is 0.822. The number of tetrazole rings is 1. The van der Waals surface area contributed by atoms with Gasteiger partial charge >= 0.3 is 0 Å². The molecule has 1 aromatic heterocycles. The highest BCUT2D eigenvalue weighted by molar-refractivity contribution is 7.99. The van der Waals surface area contributed by atoms with Crippen molar-refractivity contribution in [3.05, 3.63) is 12.7 Å². The highest BCUT2D eigenvalue weighted by Gasteiger charge is 2.05. The molecule has 17 heavy (non-hydrogen) atoms. The Labute approximate surface area is 107 Å². The third-order valence-electron chi connectivity index (χ3n) is 2.36. The molecule has 6 heteroatoms. The Morgan fingerprint density at radius 1 is 1.41 bits per heavy atom. The van der Waals surface area contributed by atoms with Crippen LogP contribution in [0.4, 0.5) is 0 Å². The molecule has 1 aromatic rings. The Bertz CT molecular complexity index is 313. The lowest BCUT2D eigenvalue weighted by Crippen LogP contribution is -2.16. The summed E-state index contributed by atoms with van der Waals surface area (Å²) in [5.41, 5.74) is 0. The first kappa shape index (κ1) is 14.2. The topological polar surface area (TPSA) is 55.6 Å². The van der Waals surface area contributed by atoms with E-state index < -0.39 is 0 Å². The average Bonchev–Trinajstić information content (AvgIpc) is 2.78. The van der Waals surface area contributed by atoms with Crippen LogP contribution >= 0.6 is 11.8 Å². The van der Waals surface area contributed by atoms with Crippen molar-refractivity contribution in [1.82, 2.24) is 25.5 Å². The van der Waals surface area contributed by atoms with E-state index in [2.05, 4.69) is 27.4 Å². The molecule has 0 saturated carbocycles. The van der Waals surface area contributed by atoms with Crippen LogP contribution in [0.5, 0.6) is 0 Å². The van der Waals surface area contributed by atoms with Crippen molar-refractivity contribution >= 4 is 11.8 Å². The van der Waals surface area contributed by atoms with E-state index in [4.69, 9.17) is 0 Å². The van der Waals surface area contributed by atoms with Gasteiger partial charge in [-0.2, -0.15) is 0 Å². The van der Waals surface area contributed by atoms with Crippen molar-refractivity contribution in [1.29, 1.82) is 0 Å². The molecule has 0 amide bonds. The summed E-state index contributed by atoms with van der Waals surface area (Å²) < 4.78 is 1.85. The highest BCUT2D eigenvalue weighted by Crippen LogP contribution is 2.16. The van der Waals surface area contributed by atoms with Crippen molar-refractivity contribution in [2.75, 3.05) is 19.3 Å². The summed E-state index contributed by atoms with van der Waals surface area (Å²) in [5.74, 6) is 1.08. The summed E-state index contributed by atoms with van der Waals surface area (Å²) in [5, 5.41) is 15.7. The zero-order valence-electron chi connectivity index (χ0n) is 10.4. The number of hydrogen-bond donors (Lipinski definition) is 1. The fraction of sp³-hybridized carbons (Fsp3) is 0.727. The minimum atomic E-state index is 0.822. The summed E-state index contributed by atoms with van der Waals surface area (Å²) in [6.07, 6.45) is 6.78. The fourth-order valence-corrected chi connectivity index (χ4v) is 2.29. The molecule has 1 N–H and O–H groups in total. The second-order valence-corrected chi connectivity index (χ2v) is 4.84. The van der Waals surface area contributed by atoms with Gasteiger partial charge in [-0.1, -0.05) is 24.3 Å². The number of nitrogens with zero attached hydrogens (tertiary/aromatic N) is 4. The van der Waals surface area contributed by atoms with Gasteiger partial charge in [0.05, 0.1) is 6.54 Å². The van der Waals surface area contributed by atoms with Crippen molar-refractivity contribution in [3.63, 3.8) is 0 Å². The summed E-state index contributed by atoms with van der Waals surface area (Å²) in [7, 11) is 1.93.